The number of nitrogens with zero attached hydrogens (tertiary/aromatic N) is 3. The molecule has 2 N–H and O–H groups in total. The Bertz CT molecular complexity index is 1170. The lowest BCUT2D eigenvalue weighted by atomic mass is 9.49. The molecule has 2 spiro atoms. The maximum atomic E-state index is 11.2. The molecule has 1 aromatic heterocycles. The SMILES string of the molecule is CN(C)C1CC23CCC4(O2)C2CC=C(C=Cc5cccnc5)C2(C)CCC4(C#N)C=C3C(O)C1O. The maximum Gasteiger partial charge on any atom is 0.105 e. The summed E-state index contributed by atoms with van der Waals surface area (Å²) >= 11 is 0. The van der Waals surface area contributed by atoms with Gasteiger partial charge in [0.15, 0.2) is 0 Å². The first-order chi connectivity index (χ1) is 16.7. The first-order valence-electron chi connectivity index (χ1n) is 12.9. The van der Waals surface area contributed by atoms with Crippen molar-refractivity contribution in [1.29, 1.82) is 5.26 Å². The number of hydrogen-bond donors (Lipinski definition) is 2. The van der Waals surface area contributed by atoms with E-state index in [1.165, 1.54) is 5.57 Å². The summed E-state index contributed by atoms with van der Waals surface area (Å²) in [6.45, 7) is 2.34. The predicted octanol–water partition coefficient (Wildman–Crippen LogP) is 3.63. The molecule has 0 amide bonds. The molecule has 5 aliphatic rings. The Morgan fingerprint density at radius 1 is 1.20 bits per heavy atom. The molecule has 2 aliphatic heterocycles. The Morgan fingerprint density at radius 3 is 2.74 bits per heavy atom. The van der Waals surface area contributed by atoms with Crippen LogP contribution in [-0.4, -0.2) is 63.6 Å². The number of hydrogen-bond acceptors (Lipinski definition) is 6. The van der Waals surface area contributed by atoms with E-state index in [9.17, 15) is 15.5 Å². The molecule has 0 aromatic carbocycles. The number of pyridine rings is 1. The van der Waals surface area contributed by atoms with E-state index in [1.54, 1.807) is 6.20 Å². The lowest BCUT2D eigenvalue weighted by molar-refractivity contribution is -0.224. The van der Waals surface area contributed by atoms with Crippen molar-refractivity contribution in [3.05, 3.63) is 59.5 Å². The summed E-state index contributed by atoms with van der Waals surface area (Å²) in [4.78, 5) is 6.21. The van der Waals surface area contributed by atoms with Gasteiger partial charge in [-0.25, -0.2) is 0 Å². The van der Waals surface area contributed by atoms with E-state index < -0.39 is 28.8 Å². The number of rotatable bonds is 3. The van der Waals surface area contributed by atoms with Gasteiger partial charge in [-0.05, 0) is 80.8 Å². The summed E-state index contributed by atoms with van der Waals surface area (Å²) < 4.78 is 7.21. The number of aliphatic hydroxyl groups excluding tert-OH is 2. The third-order valence-electron chi connectivity index (χ3n) is 10.1. The van der Waals surface area contributed by atoms with Gasteiger partial charge in [0, 0.05) is 24.4 Å². The second-order valence-electron chi connectivity index (χ2n) is 11.8. The number of fused-ring (bicyclic) bond motifs is 1. The quantitative estimate of drug-likeness (QED) is 0.652. The summed E-state index contributed by atoms with van der Waals surface area (Å²) in [5, 5.41) is 32.7. The predicted molar refractivity (Wildman–Crippen MR) is 133 cm³/mol. The zero-order chi connectivity index (χ0) is 24.6. The molecule has 6 rings (SSSR count). The van der Waals surface area contributed by atoms with Crippen LogP contribution in [0.15, 0.2) is 53.9 Å². The normalized spacial score (nSPS) is 46.0. The molecule has 3 heterocycles. The minimum absolute atomic E-state index is 0.0797. The Morgan fingerprint density at radius 2 is 2.03 bits per heavy atom. The Balaban J connectivity index is 1.40. The third-order valence-corrected chi connectivity index (χ3v) is 10.1. The lowest BCUT2D eigenvalue weighted by Gasteiger charge is -2.61. The average molecular weight is 474 g/mol. The second-order valence-corrected chi connectivity index (χ2v) is 11.8. The number of aromatic nitrogens is 1. The van der Waals surface area contributed by atoms with Crippen LogP contribution in [0.25, 0.3) is 6.08 Å². The third kappa shape index (κ3) is 2.93. The van der Waals surface area contributed by atoms with Gasteiger partial charge in [0.1, 0.15) is 11.5 Å². The molecule has 0 radical (unpaired) electrons. The van der Waals surface area contributed by atoms with Gasteiger partial charge in [-0.15, -0.1) is 0 Å². The highest BCUT2D eigenvalue weighted by atomic mass is 16.5. The molecule has 2 bridgehead atoms. The molecule has 2 saturated carbocycles. The highest BCUT2D eigenvalue weighted by molar-refractivity contribution is 5.55. The topological polar surface area (TPSA) is 89.6 Å². The lowest BCUT2D eigenvalue weighted by Crippen LogP contribution is -2.66. The fourth-order valence-electron chi connectivity index (χ4n) is 8.19. The van der Waals surface area contributed by atoms with Gasteiger partial charge in [-0.2, -0.15) is 5.26 Å². The van der Waals surface area contributed by atoms with E-state index in [1.807, 2.05) is 37.3 Å². The fourth-order valence-corrected chi connectivity index (χ4v) is 8.19. The summed E-state index contributed by atoms with van der Waals surface area (Å²) in [6, 6.07) is 6.50. The first-order valence-corrected chi connectivity index (χ1v) is 12.9. The first kappa shape index (κ1) is 23.1. The highest BCUT2D eigenvalue weighted by Gasteiger charge is 2.74. The molecule has 1 saturated heterocycles. The van der Waals surface area contributed by atoms with Crippen molar-refractivity contribution in [2.24, 2.45) is 16.7 Å². The van der Waals surface area contributed by atoms with Crippen LogP contribution in [0, 0.1) is 28.1 Å². The molecule has 184 valence electrons. The van der Waals surface area contributed by atoms with Crippen molar-refractivity contribution in [1.82, 2.24) is 9.88 Å². The summed E-state index contributed by atoms with van der Waals surface area (Å²) in [6.07, 6.45) is 15.2. The van der Waals surface area contributed by atoms with E-state index in [2.05, 4.69) is 42.3 Å². The number of likely N-dealkylation sites (N-methyl/N-ethyl adjacent to an activating group) is 1. The highest BCUT2D eigenvalue weighted by Crippen LogP contribution is 2.72. The second kappa shape index (κ2) is 7.60. The van der Waals surface area contributed by atoms with Crippen LogP contribution in [0.4, 0.5) is 0 Å². The fraction of sp³-hybridized carbons (Fsp3) is 0.586. The van der Waals surface area contributed by atoms with E-state index >= 15 is 0 Å². The number of ether oxygens (including phenoxy) is 1. The number of allylic oxidation sites excluding steroid dienone is 3. The van der Waals surface area contributed by atoms with Gasteiger partial charge in [0.2, 0.25) is 0 Å². The van der Waals surface area contributed by atoms with Crippen molar-refractivity contribution >= 4 is 6.08 Å². The van der Waals surface area contributed by atoms with Crippen LogP contribution in [0.3, 0.4) is 0 Å². The smallest absolute Gasteiger partial charge is 0.105 e. The van der Waals surface area contributed by atoms with Crippen molar-refractivity contribution in [3.8, 4) is 6.07 Å². The summed E-state index contributed by atoms with van der Waals surface area (Å²) in [7, 11) is 3.89. The minimum Gasteiger partial charge on any atom is -0.388 e. The standard InChI is InChI=1S/C29H35N3O3/c1-26-10-11-27(18-30)15-21-24(33)25(34)22(32(2)3)16-28(21)12-13-29(27,35-28)23(26)9-8-20(26)7-6-19-5-4-14-31-17-19/h4-8,14-15,17,22-25,33-34H,9-13,16H2,1-3H3. The van der Waals surface area contributed by atoms with E-state index in [0.717, 1.165) is 36.8 Å². The van der Waals surface area contributed by atoms with Crippen LogP contribution in [0.1, 0.15) is 51.0 Å². The molecular formula is C29H35N3O3. The molecule has 3 fully saturated rings. The molecule has 1 aromatic rings. The summed E-state index contributed by atoms with van der Waals surface area (Å²) in [5.41, 5.74) is 1.07. The van der Waals surface area contributed by atoms with E-state index in [4.69, 9.17) is 4.74 Å². The largest absolute Gasteiger partial charge is 0.388 e. The Hall–Kier alpha value is -2.30. The molecule has 35 heavy (non-hydrogen) atoms. The van der Waals surface area contributed by atoms with Crippen molar-refractivity contribution in [2.75, 3.05) is 14.1 Å². The van der Waals surface area contributed by atoms with Gasteiger partial charge < -0.3 is 19.8 Å². The van der Waals surface area contributed by atoms with E-state index in [-0.39, 0.29) is 17.4 Å². The van der Waals surface area contributed by atoms with Crippen molar-refractivity contribution in [2.45, 2.75) is 74.9 Å². The van der Waals surface area contributed by atoms with E-state index in [0.29, 0.717) is 12.8 Å². The molecule has 8 unspecified atom stereocenters. The Kier molecular flexibility index (Phi) is 5.02. The zero-order valence-electron chi connectivity index (χ0n) is 20.8. The average Bonchev–Trinajstić information content (AvgIpc) is 3.37. The monoisotopic (exact) mass is 473 g/mol. The number of nitriles is 1. The van der Waals surface area contributed by atoms with Gasteiger partial charge in [0.05, 0.1) is 23.4 Å². The molecule has 6 heteroatoms. The number of aliphatic hydroxyl groups is 2. The van der Waals surface area contributed by atoms with Gasteiger partial charge >= 0.3 is 0 Å². The molecular weight excluding hydrogens is 438 g/mol. The van der Waals surface area contributed by atoms with Crippen LogP contribution in [0.2, 0.25) is 0 Å². The van der Waals surface area contributed by atoms with Crippen LogP contribution >= 0.6 is 0 Å². The van der Waals surface area contributed by atoms with Gasteiger partial charge in [-0.1, -0.05) is 37.3 Å². The molecule has 8 atom stereocenters. The molecule has 6 nitrogen and oxygen atoms in total. The van der Waals surface area contributed by atoms with Gasteiger partial charge in [0.25, 0.3) is 0 Å². The maximum absolute atomic E-state index is 11.2. The zero-order valence-corrected chi connectivity index (χ0v) is 20.8. The van der Waals surface area contributed by atoms with Crippen LogP contribution in [-0.2, 0) is 4.74 Å². The van der Waals surface area contributed by atoms with Crippen molar-refractivity contribution in [3.63, 3.8) is 0 Å². The summed E-state index contributed by atoms with van der Waals surface area (Å²) in [5.74, 6) is 0.191. The van der Waals surface area contributed by atoms with Crippen LogP contribution < -0.4 is 0 Å². The molecule has 3 aliphatic carbocycles. The van der Waals surface area contributed by atoms with Gasteiger partial charge in [-0.3, -0.25) is 4.98 Å². The minimum atomic E-state index is -1.01. The Labute approximate surface area is 207 Å². The van der Waals surface area contributed by atoms with Crippen molar-refractivity contribution < 1.29 is 14.9 Å². The van der Waals surface area contributed by atoms with Crippen LogP contribution in [0.5, 0.6) is 0 Å².